The van der Waals surface area contributed by atoms with E-state index in [-0.39, 0.29) is 5.97 Å². The van der Waals surface area contributed by atoms with Crippen molar-refractivity contribution in [3.8, 4) is 5.75 Å². The standard InChI is InChI=1S/C23H29NO3/c1-19-8-5-6-15-24(19)16-7-17-26-23(25)21-11-13-22(14-12-21)27-18-20-9-3-2-4-10-20/h2-4,9-14,19H,5-8,15-18H2,1H3. The molecule has 0 bridgehead atoms. The van der Waals surface area contributed by atoms with Gasteiger partial charge in [0.25, 0.3) is 0 Å². The Kier molecular flexibility index (Phi) is 7.28. The van der Waals surface area contributed by atoms with E-state index < -0.39 is 0 Å². The zero-order chi connectivity index (χ0) is 18.9. The highest BCUT2D eigenvalue weighted by molar-refractivity contribution is 5.89. The van der Waals surface area contributed by atoms with E-state index in [0.717, 1.165) is 24.3 Å². The van der Waals surface area contributed by atoms with Crippen molar-refractivity contribution in [1.29, 1.82) is 0 Å². The Labute approximate surface area is 162 Å². The lowest BCUT2D eigenvalue weighted by Crippen LogP contribution is -2.38. The van der Waals surface area contributed by atoms with Crippen molar-refractivity contribution in [2.45, 2.75) is 45.3 Å². The average molecular weight is 367 g/mol. The van der Waals surface area contributed by atoms with E-state index >= 15 is 0 Å². The fraction of sp³-hybridized carbons (Fsp3) is 0.435. The van der Waals surface area contributed by atoms with Gasteiger partial charge < -0.3 is 14.4 Å². The predicted molar refractivity (Wildman–Crippen MR) is 107 cm³/mol. The fourth-order valence-corrected chi connectivity index (χ4v) is 3.43. The summed E-state index contributed by atoms with van der Waals surface area (Å²) in [5.41, 5.74) is 1.68. The molecule has 0 aromatic heterocycles. The Bertz CT molecular complexity index is 699. The maximum Gasteiger partial charge on any atom is 0.338 e. The zero-order valence-electron chi connectivity index (χ0n) is 16.1. The maximum atomic E-state index is 12.2. The van der Waals surface area contributed by atoms with Gasteiger partial charge in [0, 0.05) is 12.6 Å². The van der Waals surface area contributed by atoms with Crippen LogP contribution in [0, 0.1) is 0 Å². The molecule has 0 saturated carbocycles. The summed E-state index contributed by atoms with van der Waals surface area (Å²) in [6.45, 7) is 5.43. The van der Waals surface area contributed by atoms with E-state index in [9.17, 15) is 4.79 Å². The lowest BCUT2D eigenvalue weighted by Gasteiger charge is -2.33. The van der Waals surface area contributed by atoms with Crippen molar-refractivity contribution >= 4 is 5.97 Å². The van der Waals surface area contributed by atoms with Crippen LogP contribution in [0.1, 0.15) is 48.5 Å². The Balaban J connectivity index is 1.38. The van der Waals surface area contributed by atoms with Crippen LogP contribution in [0.2, 0.25) is 0 Å². The molecular formula is C23H29NO3. The molecule has 0 amide bonds. The van der Waals surface area contributed by atoms with Crippen molar-refractivity contribution in [3.63, 3.8) is 0 Å². The molecule has 27 heavy (non-hydrogen) atoms. The van der Waals surface area contributed by atoms with E-state index in [4.69, 9.17) is 9.47 Å². The lowest BCUT2D eigenvalue weighted by atomic mass is 10.0. The van der Waals surface area contributed by atoms with E-state index in [0.29, 0.717) is 24.8 Å². The van der Waals surface area contributed by atoms with Gasteiger partial charge in [0.1, 0.15) is 12.4 Å². The molecule has 0 aliphatic carbocycles. The molecule has 0 radical (unpaired) electrons. The fourth-order valence-electron chi connectivity index (χ4n) is 3.43. The average Bonchev–Trinajstić information content (AvgIpc) is 2.72. The van der Waals surface area contributed by atoms with Gasteiger partial charge in [-0.3, -0.25) is 0 Å². The smallest absolute Gasteiger partial charge is 0.338 e. The van der Waals surface area contributed by atoms with Crippen molar-refractivity contribution in [2.24, 2.45) is 0 Å². The van der Waals surface area contributed by atoms with Crippen LogP contribution in [0.15, 0.2) is 54.6 Å². The minimum Gasteiger partial charge on any atom is -0.489 e. The predicted octanol–water partition coefficient (Wildman–Crippen LogP) is 4.69. The van der Waals surface area contributed by atoms with Crippen LogP contribution >= 0.6 is 0 Å². The number of esters is 1. The number of carbonyl (C=O) groups excluding carboxylic acids is 1. The summed E-state index contributed by atoms with van der Waals surface area (Å²) in [7, 11) is 0. The highest BCUT2D eigenvalue weighted by atomic mass is 16.5. The first kappa shape index (κ1) is 19.4. The SMILES string of the molecule is CC1CCCCN1CCCOC(=O)c1ccc(OCc2ccccc2)cc1. The van der Waals surface area contributed by atoms with E-state index in [1.165, 1.54) is 25.8 Å². The molecule has 3 rings (SSSR count). The van der Waals surface area contributed by atoms with Gasteiger partial charge in [0.2, 0.25) is 0 Å². The van der Waals surface area contributed by atoms with Crippen molar-refractivity contribution in [3.05, 3.63) is 65.7 Å². The van der Waals surface area contributed by atoms with Gasteiger partial charge in [0.15, 0.2) is 0 Å². The summed E-state index contributed by atoms with van der Waals surface area (Å²) in [6.07, 6.45) is 4.77. The molecular weight excluding hydrogens is 338 g/mol. The van der Waals surface area contributed by atoms with Crippen LogP contribution in [0.25, 0.3) is 0 Å². The number of benzene rings is 2. The summed E-state index contributed by atoms with van der Waals surface area (Å²) >= 11 is 0. The number of rotatable bonds is 8. The second kappa shape index (κ2) is 10.1. The van der Waals surface area contributed by atoms with Crippen LogP contribution < -0.4 is 4.74 Å². The number of likely N-dealkylation sites (tertiary alicyclic amines) is 1. The lowest BCUT2D eigenvalue weighted by molar-refractivity contribution is 0.0475. The summed E-state index contributed by atoms with van der Waals surface area (Å²) in [6, 6.07) is 17.8. The third-order valence-electron chi connectivity index (χ3n) is 5.10. The van der Waals surface area contributed by atoms with Gasteiger partial charge in [-0.15, -0.1) is 0 Å². The summed E-state index contributed by atoms with van der Waals surface area (Å²) < 4.78 is 11.2. The van der Waals surface area contributed by atoms with Gasteiger partial charge in [0.05, 0.1) is 12.2 Å². The normalized spacial score (nSPS) is 17.4. The van der Waals surface area contributed by atoms with Gasteiger partial charge in [-0.2, -0.15) is 0 Å². The second-order valence-electron chi connectivity index (χ2n) is 7.17. The van der Waals surface area contributed by atoms with Gasteiger partial charge >= 0.3 is 5.97 Å². The van der Waals surface area contributed by atoms with Gasteiger partial charge in [-0.25, -0.2) is 4.79 Å². The number of carbonyl (C=O) groups is 1. The molecule has 1 aliphatic heterocycles. The number of hydrogen-bond donors (Lipinski definition) is 0. The van der Waals surface area contributed by atoms with Crippen molar-refractivity contribution in [1.82, 2.24) is 4.90 Å². The van der Waals surface area contributed by atoms with Crippen LogP contribution in [0.3, 0.4) is 0 Å². The van der Waals surface area contributed by atoms with E-state index in [2.05, 4.69) is 11.8 Å². The van der Waals surface area contributed by atoms with E-state index in [1.54, 1.807) is 12.1 Å². The Hall–Kier alpha value is -2.33. The quantitative estimate of drug-likeness (QED) is 0.501. The molecule has 4 nitrogen and oxygen atoms in total. The molecule has 1 fully saturated rings. The summed E-state index contributed by atoms with van der Waals surface area (Å²) in [5, 5.41) is 0. The minimum absolute atomic E-state index is 0.267. The third kappa shape index (κ3) is 6.10. The molecule has 144 valence electrons. The number of nitrogens with zero attached hydrogens (tertiary/aromatic N) is 1. The molecule has 0 spiro atoms. The topological polar surface area (TPSA) is 38.8 Å². The minimum atomic E-state index is -0.267. The van der Waals surface area contributed by atoms with Crippen LogP contribution in [-0.2, 0) is 11.3 Å². The number of hydrogen-bond acceptors (Lipinski definition) is 4. The van der Waals surface area contributed by atoms with Crippen molar-refractivity contribution in [2.75, 3.05) is 19.7 Å². The summed E-state index contributed by atoms with van der Waals surface area (Å²) in [4.78, 5) is 14.7. The van der Waals surface area contributed by atoms with Crippen LogP contribution in [-0.4, -0.2) is 36.6 Å². The first-order valence-corrected chi connectivity index (χ1v) is 9.90. The molecule has 1 aliphatic rings. The Morgan fingerprint density at radius 3 is 2.59 bits per heavy atom. The largest absolute Gasteiger partial charge is 0.489 e. The van der Waals surface area contributed by atoms with Gasteiger partial charge in [-0.05, 0) is 62.6 Å². The Morgan fingerprint density at radius 1 is 1.07 bits per heavy atom. The van der Waals surface area contributed by atoms with Gasteiger partial charge in [-0.1, -0.05) is 36.8 Å². The third-order valence-corrected chi connectivity index (χ3v) is 5.10. The highest BCUT2D eigenvalue weighted by Crippen LogP contribution is 2.17. The number of ether oxygens (including phenoxy) is 2. The number of piperidine rings is 1. The van der Waals surface area contributed by atoms with E-state index in [1.807, 2.05) is 42.5 Å². The van der Waals surface area contributed by atoms with Crippen LogP contribution in [0.5, 0.6) is 5.75 Å². The second-order valence-corrected chi connectivity index (χ2v) is 7.17. The van der Waals surface area contributed by atoms with Crippen LogP contribution in [0.4, 0.5) is 0 Å². The molecule has 1 unspecified atom stereocenters. The molecule has 1 atom stereocenters. The maximum absolute atomic E-state index is 12.2. The molecule has 0 N–H and O–H groups in total. The summed E-state index contributed by atoms with van der Waals surface area (Å²) in [5.74, 6) is 0.478. The monoisotopic (exact) mass is 367 g/mol. The van der Waals surface area contributed by atoms with Crippen molar-refractivity contribution < 1.29 is 14.3 Å². The molecule has 2 aromatic carbocycles. The Morgan fingerprint density at radius 2 is 1.85 bits per heavy atom. The molecule has 2 aromatic rings. The first-order valence-electron chi connectivity index (χ1n) is 9.90. The zero-order valence-corrected chi connectivity index (χ0v) is 16.1. The first-order chi connectivity index (χ1) is 13.2. The molecule has 1 saturated heterocycles. The molecule has 4 heteroatoms. The highest BCUT2D eigenvalue weighted by Gasteiger charge is 2.17. The molecule has 1 heterocycles.